The van der Waals surface area contributed by atoms with Gasteiger partial charge in [0, 0.05) is 24.2 Å². The molecule has 0 unspecified atom stereocenters. The van der Waals surface area contributed by atoms with Crippen molar-refractivity contribution in [3.8, 4) is 0 Å². The van der Waals surface area contributed by atoms with Crippen LogP contribution in [0.25, 0.3) is 0 Å². The van der Waals surface area contributed by atoms with Crippen LogP contribution in [0.2, 0.25) is 5.02 Å². The summed E-state index contributed by atoms with van der Waals surface area (Å²) in [6, 6.07) is 7.74. The number of rotatable bonds is 4. The second-order valence-corrected chi connectivity index (χ2v) is 5.04. The monoisotopic (exact) mass is 325 g/mol. The largest absolute Gasteiger partial charge is 0.369 e. The van der Waals surface area contributed by atoms with Gasteiger partial charge in [-0.05, 0) is 34.5 Å². The SMILES string of the molecule is CCNc1nc(Cc2ccccc2Cl)ncc1Br. The molecule has 0 saturated carbocycles. The zero-order valence-electron chi connectivity index (χ0n) is 9.95. The van der Waals surface area contributed by atoms with Crippen molar-refractivity contribution in [2.45, 2.75) is 13.3 Å². The zero-order valence-corrected chi connectivity index (χ0v) is 12.3. The van der Waals surface area contributed by atoms with Crippen LogP contribution >= 0.6 is 27.5 Å². The van der Waals surface area contributed by atoms with E-state index in [1.54, 1.807) is 6.20 Å². The van der Waals surface area contributed by atoms with Crippen molar-refractivity contribution >= 4 is 33.3 Å². The van der Waals surface area contributed by atoms with Crippen molar-refractivity contribution in [2.24, 2.45) is 0 Å². The fraction of sp³-hybridized carbons (Fsp3) is 0.231. The van der Waals surface area contributed by atoms with Gasteiger partial charge in [-0.15, -0.1) is 0 Å². The summed E-state index contributed by atoms with van der Waals surface area (Å²) in [5.74, 6) is 1.57. The van der Waals surface area contributed by atoms with E-state index < -0.39 is 0 Å². The van der Waals surface area contributed by atoms with E-state index in [2.05, 4.69) is 31.2 Å². The first kappa shape index (κ1) is 13.3. The molecule has 0 spiro atoms. The lowest BCUT2D eigenvalue weighted by molar-refractivity contribution is 0.956. The standard InChI is InChI=1S/C13H13BrClN3/c1-2-16-13-10(14)8-17-12(18-13)7-9-5-3-4-6-11(9)15/h3-6,8H,2,7H2,1H3,(H,16,17,18). The number of nitrogens with zero attached hydrogens (tertiary/aromatic N) is 2. The van der Waals surface area contributed by atoms with Crippen molar-refractivity contribution in [1.82, 2.24) is 9.97 Å². The van der Waals surface area contributed by atoms with Crippen molar-refractivity contribution in [3.63, 3.8) is 0 Å². The van der Waals surface area contributed by atoms with Crippen molar-refractivity contribution in [3.05, 3.63) is 51.3 Å². The van der Waals surface area contributed by atoms with Crippen molar-refractivity contribution in [1.29, 1.82) is 0 Å². The van der Waals surface area contributed by atoms with Gasteiger partial charge in [-0.3, -0.25) is 0 Å². The molecule has 0 aliphatic rings. The number of anilines is 1. The van der Waals surface area contributed by atoms with Crippen LogP contribution in [0.1, 0.15) is 18.3 Å². The van der Waals surface area contributed by atoms with Crippen molar-refractivity contribution < 1.29 is 0 Å². The molecule has 3 nitrogen and oxygen atoms in total. The predicted molar refractivity (Wildman–Crippen MR) is 78.2 cm³/mol. The Morgan fingerprint density at radius 2 is 2.11 bits per heavy atom. The van der Waals surface area contributed by atoms with E-state index in [1.807, 2.05) is 31.2 Å². The Kier molecular flexibility index (Phi) is 4.55. The van der Waals surface area contributed by atoms with Gasteiger partial charge < -0.3 is 5.32 Å². The van der Waals surface area contributed by atoms with Crippen LogP contribution in [0.15, 0.2) is 34.9 Å². The van der Waals surface area contributed by atoms with Gasteiger partial charge in [-0.2, -0.15) is 0 Å². The Morgan fingerprint density at radius 3 is 2.83 bits per heavy atom. The molecule has 18 heavy (non-hydrogen) atoms. The molecule has 0 aliphatic carbocycles. The number of halogens is 2. The lowest BCUT2D eigenvalue weighted by Gasteiger charge is -2.08. The molecule has 5 heteroatoms. The Morgan fingerprint density at radius 1 is 1.33 bits per heavy atom. The zero-order chi connectivity index (χ0) is 13.0. The summed E-state index contributed by atoms with van der Waals surface area (Å²) in [6.45, 7) is 2.85. The van der Waals surface area contributed by atoms with Crippen LogP contribution in [-0.2, 0) is 6.42 Å². The number of hydrogen-bond acceptors (Lipinski definition) is 3. The molecule has 1 aromatic carbocycles. The number of nitrogens with one attached hydrogen (secondary N) is 1. The lowest BCUT2D eigenvalue weighted by Crippen LogP contribution is -2.05. The summed E-state index contributed by atoms with van der Waals surface area (Å²) in [4.78, 5) is 8.77. The summed E-state index contributed by atoms with van der Waals surface area (Å²) in [7, 11) is 0. The topological polar surface area (TPSA) is 37.8 Å². The third kappa shape index (κ3) is 3.21. The average molecular weight is 327 g/mol. The molecule has 0 saturated heterocycles. The maximum Gasteiger partial charge on any atom is 0.144 e. The summed E-state index contributed by atoms with van der Waals surface area (Å²) in [5, 5.41) is 3.93. The second kappa shape index (κ2) is 6.16. The van der Waals surface area contributed by atoms with Gasteiger partial charge in [0.05, 0.1) is 4.47 Å². The summed E-state index contributed by atoms with van der Waals surface area (Å²) >= 11 is 9.54. The molecule has 0 aliphatic heterocycles. The smallest absolute Gasteiger partial charge is 0.144 e. The van der Waals surface area contributed by atoms with E-state index in [0.29, 0.717) is 6.42 Å². The van der Waals surface area contributed by atoms with Gasteiger partial charge >= 0.3 is 0 Å². The molecule has 1 N–H and O–H groups in total. The van der Waals surface area contributed by atoms with E-state index in [1.165, 1.54) is 0 Å². The third-order valence-corrected chi connectivity index (χ3v) is 3.39. The first-order valence-electron chi connectivity index (χ1n) is 5.69. The quantitative estimate of drug-likeness (QED) is 0.925. The van der Waals surface area contributed by atoms with Gasteiger partial charge in [0.2, 0.25) is 0 Å². The molecule has 1 aromatic heterocycles. The minimum Gasteiger partial charge on any atom is -0.369 e. The molecule has 0 bridgehead atoms. The highest BCUT2D eigenvalue weighted by molar-refractivity contribution is 9.10. The van der Waals surface area contributed by atoms with Crippen molar-refractivity contribution in [2.75, 3.05) is 11.9 Å². The van der Waals surface area contributed by atoms with Crippen LogP contribution in [0.5, 0.6) is 0 Å². The maximum absolute atomic E-state index is 6.13. The van der Waals surface area contributed by atoms with Gasteiger partial charge in [-0.25, -0.2) is 9.97 Å². The molecule has 2 aromatic rings. The Balaban J connectivity index is 2.24. The molecule has 0 radical (unpaired) electrons. The Hall–Kier alpha value is -1.13. The predicted octanol–water partition coefficient (Wildman–Crippen LogP) is 3.92. The molecular weight excluding hydrogens is 314 g/mol. The molecular formula is C13H13BrClN3. The fourth-order valence-corrected chi connectivity index (χ4v) is 2.13. The third-order valence-electron chi connectivity index (χ3n) is 2.44. The van der Waals surface area contributed by atoms with Gasteiger partial charge in [0.15, 0.2) is 0 Å². The Labute approximate surface area is 120 Å². The normalized spacial score (nSPS) is 10.4. The average Bonchev–Trinajstić information content (AvgIpc) is 2.36. The van der Waals surface area contributed by atoms with Crippen LogP contribution < -0.4 is 5.32 Å². The minimum absolute atomic E-state index is 0.630. The minimum atomic E-state index is 0.630. The van der Waals surface area contributed by atoms with E-state index in [9.17, 15) is 0 Å². The van der Waals surface area contributed by atoms with Crippen LogP contribution in [-0.4, -0.2) is 16.5 Å². The molecule has 0 amide bonds. The Bertz CT molecular complexity index is 546. The molecule has 1 heterocycles. The second-order valence-electron chi connectivity index (χ2n) is 3.78. The first-order valence-corrected chi connectivity index (χ1v) is 6.86. The molecule has 0 fully saturated rings. The van der Waals surface area contributed by atoms with Gasteiger partial charge in [0.25, 0.3) is 0 Å². The lowest BCUT2D eigenvalue weighted by atomic mass is 10.1. The highest BCUT2D eigenvalue weighted by atomic mass is 79.9. The highest BCUT2D eigenvalue weighted by Gasteiger charge is 2.07. The number of aromatic nitrogens is 2. The molecule has 94 valence electrons. The van der Waals surface area contributed by atoms with Crippen LogP contribution in [0, 0.1) is 0 Å². The van der Waals surface area contributed by atoms with Crippen LogP contribution in [0.4, 0.5) is 5.82 Å². The van der Waals surface area contributed by atoms with Gasteiger partial charge in [0.1, 0.15) is 11.6 Å². The first-order chi connectivity index (χ1) is 8.70. The highest BCUT2D eigenvalue weighted by Crippen LogP contribution is 2.21. The molecule has 2 rings (SSSR count). The van der Waals surface area contributed by atoms with Gasteiger partial charge in [-0.1, -0.05) is 29.8 Å². The number of benzene rings is 1. The molecule has 0 atom stereocenters. The summed E-state index contributed by atoms with van der Waals surface area (Å²) in [5.41, 5.74) is 1.03. The van der Waals surface area contributed by atoms with E-state index in [0.717, 1.165) is 33.2 Å². The van der Waals surface area contributed by atoms with E-state index in [4.69, 9.17) is 11.6 Å². The maximum atomic E-state index is 6.13. The fourth-order valence-electron chi connectivity index (χ4n) is 1.59. The van der Waals surface area contributed by atoms with E-state index >= 15 is 0 Å². The summed E-state index contributed by atoms with van der Waals surface area (Å²) < 4.78 is 0.868. The van der Waals surface area contributed by atoms with E-state index in [-0.39, 0.29) is 0 Å². The van der Waals surface area contributed by atoms with Crippen LogP contribution in [0.3, 0.4) is 0 Å². The summed E-state index contributed by atoms with van der Waals surface area (Å²) in [6.07, 6.45) is 2.39. The number of hydrogen-bond donors (Lipinski definition) is 1.